The highest BCUT2D eigenvalue weighted by Crippen LogP contribution is 2.35. The lowest BCUT2D eigenvalue weighted by molar-refractivity contribution is -0.144. The van der Waals surface area contributed by atoms with Crippen LogP contribution in [0.1, 0.15) is 35.8 Å². The molecule has 31 heavy (non-hydrogen) atoms. The van der Waals surface area contributed by atoms with E-state index in [1.165, 1.54) is 43.6 Å². The summed E-state index contributed by atoms with van der Waals surface area (Å²) in [4.78, 5) is 45.4. The Labute approximate surface area is 182 Å². The summed E-state index contributed by atoms with van der Waals surface area (Å²) >= 11 is 6.07. The number of imidazole rings is 1. The fourth-order valence-corrected chi connectivity index (χ4v) is 3.70. The number of hydrogen-bond donors (Lipinski definition) is 2. The SMILES string of the molecule is COC(=O)CC[C@@H](NC(=O)N1CCc2[nH]cnc2[C@H]1c1cc(Cl)ccc1F)C(=O)OC. The average Bonchev–Trinajstić information content (AvgIpc) is 3.25. The molecule has 0 saturated heterocycles. The van der Waals surface area contributed by atoms with E-state index in [-0.39, 0.29) is 24.9 Å². The van der Waals surface area contributed by atoms with Gasteiger partial charge < -0.3 is 24.7 Å². The molecule has 0 unspecified atom stereocenters. The summed E-state index contributed by atoms with van der Waals surface area (Å²) in [6.45, 7) is 0.239. The molecule has 11 heteroatoms. The van der Waals surface area contributed by atoms with Gasteiger partial charge in [-0.3, -0.25) is 4.79 Å². The number of fused-ring (bicyclic) bond motifs is 1. The second-order valence-electron chi connectivity index (χ2n) is 6.92. The standard InChI is InChI=1S/C20H22ClFN4O5/c1-30-16(27)6-5-15(19(28)31-2)25-20(29)26-8-7-14-17(24-10-23-14)18(26)12-9-11(21)3-4-13(12)22/h3-4,9-10,15,18H,5-8H2,1-2H3,(H,23,24)(H,25,29)/t15-,18-/m1/s1. The number of urea groups is 1. The highest BCUT2D eigenvalue weighted by atomic mass is 35.5. The van der Waals surface area contributed by atoms with Gasteiger partial charge in [-0.2, -0.15) is 0 Å². The summed E-state index contributed by atoms with van der Waals surface area (Å²) in [6, 6.07) is 1.52. The lowest BCUT2D eigenvalue weighted by Crippen LogP contribution is -2.51. The van der Waals surface area contributed by atoms with Crippen molar-refractivity contribution in [3.8, 4) is 0 Å². The molecule has 3 rings (SSSR count). The molecule has 0 fully saturated rings. The highest BCUT2D eigenvalue weighted by Gasteiger charge is 2.37. The van der Waals surface area contributed by atoms with Gasteiger partial charge in [-0.1, -0.05) is 11.6 Å². The fourth-order valence-electron chi connectivity index (χ4n) is 3.52. The van der Waals surface area contributed by atoms with Gasteiger partial charge in [-0.05, 0) is 24.6 Å². The Morgan fingerprint density at radius 2 is 2.13 bits per heavy atom. The van der Waals surface area contributed by atoms with E-state index in [2.05, 4.69) is 20.0 Å². The third-order valence-electron chi connectivity index (χ3n) is 5.09. The summed E-state index contributed by atoms with van der Waals surface area (Å²) in [7, 11) is 2.41. The van der Waals surface area contributed by atoms with Crippen molar-refractivity contribution in [1.29, 1.82) is 0 Å². The minimum atomic E-state index is -1.08. The van der Waals surface area contributed by atoms with Crippen molar-refractivity contribution in [2.45, 2.75) is 31.3 Å². The lowest BCUT2D eigenvalue weighted by Gasteiger charge is -2.36. The highest BCUT2D eigenvalue weighted by molar-refractivity contribution is 6.30. The number of carbonyl (C=O) groups excluding carboxylic acids is 3. The van der Waals surface area contributed by atoms with Gasteiger partial charge >= 0.3 is 18.0 Å². The molecule has 2 N–H and O–H groups in total. The second-order valence-corrected chi connectivity index (χ2v) is 7.35. The molecule has 9 nitrogen and oxygen atoms in total. The second kappa shape index (κ2) is 9.78. The molecule has 0 saturated carbocycles. The normalized spacial score (nSPS) is 16.3. The van der Waals surface area contributed by atoms with E-state index in [9.17, 15) is 18.8 Å². The maximum Gasteiger partial charge on any atom is 0.328 e. The molecule has 0 radical (unpaired) electrons. The van der Waals surface area contributed by atoms with Crippen LogP contribution in [0.2, 0.25) is 5.02 Å². The van der Waals surface area contributed by atoms with E-state index >= 15 is 0 Å². The Kier molecular flexibility index (Phi) is 7.11. The van der Waals surface area contributed by atoms with Crippen molar-refractivity contribution in [1.82, 2.24) is 20.2 Å². The predicted octanol–water partition coefficient (Wildman–Crippen LogP) is 2.35. The van der Waals surface area contributed by atoms with Crippen LogP contribution in [-0.2, 0) is 25.5 Å². The molecule has 2 aromatic rings. The smallest absolute Gasteiger partial charge is 0.328 e. The number of nitrogens with zero attached hydrogens (tertiary/aromatic N) is 2. The molecule has 2 atom stereocenters. The van der Waals surface area contributed by atoms with Crippen LogP contribution in [0.3, 0.4) is 0 Å². The summed E-state index contributed by atoms with van der Waals surface area (Å²) in [6.07, 6.45) is 1.84. The van der Waals surface area contributed by atoms with Crippen LogP contribution >= 0.6 is 11.6 Å². The number of benzene rings is 1. The summed E-state index contributed by atoms with van der Waals surface area (Å²) in [5.41, 5.74) is 1.45. The Balaban J connectivity index is 1.89. The molecule has 0 bridgehead atoms. The molecule has 1 aliphatic heterocycles. The van der Waals surface area contributed by atoms with E-state index in [1.807, 2.05) is 0 Å². The zero-order chi connectivity index (χ0) is 22.5. The minimum absolute atomic E-state index is 0.0111. The van der Waals surface area contributed by atoms with Gasteiger partial charge in [0.05, 0.1) is 26.2 Å². The maximum absolute atomic E-state index is 14.7. The lowest BCUT2D eigenvalue weighted by atomic mass is 9.95. The van der Waals surface area contributed by atoms with Crippen LogP contribution in [-0.4, -0.2) is 59.6 Å². The van der Waals surface area contributed by atoms with Gasteiger partial charge in [0.2, 0.25) is 0 Å². The number of amides is 2. The Morgan fingerprint density at radius 1 is 1.35 bits per heavy atom. The predicted molar refractivity (Wildman–Crippen MR) is 108 cm³/mol. The van der Waals surface area contributed by atoms with Crippen LogP contribution in [0.25, 0.3) is 0 Å². The first-order chi connectivity index (χ1) is 14.8. The molecule has 0 aliphatic carbocycles. The molecule has 1 aliphatic rings. The number of carbonyl (C=O) groups is 3. The van der Waals surface area contributed by atoms with Gasteiger partial charge in [0.25, 0.3) is 0 Å². The van der Waals surface area contributed by atoms with Crippen molar-refractivity contribution < 1.29 is 28.2 Å². The zero-order valence-corrected chi connectivity index (χ0v) is 17.7. The number of nitrogens with one attached hydrogen (secondary N) is 2. The van der Waals surface area contributed by atoms with Crippen LogP contribution < -0.4 is 5.32 Å². The van der Waals surface area contributed by atoms with Crippen LogP contribution in [0.4, 0.5) is 9.18 Å². The van der Waals surface area contributed by atoms with Crippen LogP contribution in [0, 0.1) is 5.82 Å². The van der Waals surface area contributed by atoms with Crippen molar-refractivity contribution in [2.24, 2.45) is 0 Å². The molecule has 1 aromatic carbocycles. The molecule has 2 amide bonds. The Hall–Kier alpha value is -3.14. The molecule has 166 valence electrons. The Bertz CT molecular complexity index is 982. The fraction of sp³-hybridized carbons (Fsp3) is 0.400. The monoisotopic (exact) mass is 452 g/mol. The number of methoxy groups -OCH3 is 2. The first-order valence-electron chi connectivity index (χ1n) is 9.54. The number of hydrogen-bond acceptors (Lipinski definition) is 6. The number of aromatic nitrogens is 2. The van der Waals surface area contributed by atoms with E-state index in [1.54, 1.807) is 0 Å². The van der Waals surface area contributed by atoms with Crippen molar-refractivity contribution in [3.05, 3.63) is 52.3 Å². The number of halogens is 2. The van der Waals surface area contributed by atoms with Crippen molar-refractivity contribution >= 4 is 29.6 Å². The van der Waals surface area contributed by atoms with Crippen LogP contribution in [0.15, 0.2) is 24.5 Å². The number of aromatic amines is 1. The zero-order valence-electron chi connectivity index (χ0n) is 17.0. The first kappa shape index (κ1) is 22.5. The van der Waals surface area contributed by atoms with Crippen molar-refractivity contribution in [2.75, 3.05) is 20.8 Å². The number of ether oxygens (including phenoxy) is 2. The topological polar surface area (TPSA) is 114 Å². The van der Waals surface area contributed by atoms with Gasteiger partial charge in [0, 0.05) is 35.7 Å². The van der Waals surface area contributed by atoms with Crippen LogP contribution in [0.5, 0.6) is 0 Å². The Morgan fingerprint density at radius 3 is 2.84 bits per heavy atom. The van der Waals surface area contributed by atoms with Gasteiger partial charge in [-0.25, -0.2) is 19.0 Å². The maximum atomic E-state index is 14.7. The molecule has 0 spiro atoms. The molecular weight excluding hydrogens is 431 g/mol. The summed E-state index contributed by atoms with van der Waals surface area (Å²) < 4.78 is 24.0. The largest absolute Gasteiger partial charge is 0.469 e. The number of H-pyrrole nitrogens is 1. The van der Waals surface area contributed by atoms with E-state index in [0.29, 0.717) is 17.1 Å². The molecular formula is C20H22ClFN4O5. The number of rotatable bonds is 6. The third-order valence-corrected chi connectivity index (χ3v) is 5.32. The van der Waals surface area contributed by atoms with Gasteiger partial charge in [0.1, 0.15) is 17.9 Å². The average molecular weight is 453 g/mol. The summed E-state index contributed by atoms with van der Waals surface area (Å²) in [5.74, 6) is -1.78. The van der Waals surface area contributed by atoms with Crippen molar-refractivity contribution in [3.63, 3.8) is 0 Å². The van der Waals surface area contributed by atoms with Gasteiger partial charge in [-0.15, -0.1) is 0 Å². The third kappa shape index (κ3) is 4.96. The number of esters is 2. The van der Waals surface area contributed by atoms with E-state index < -0.39 is 35.9 Å². The minimum Gasteiger partial charge on any atom is -0.469 e. The molecule has 2 heterocycles. The molecule has 1 aromatic heterocycles. The van der Waals surface area contributed by atoms with E-state index in [4.69, 9.17) is 16.3 Å². The quantitative estimate of drug-likeness (QED) is 0.650. The summed E-state index contributed by atoms with van der Waals surface area (Å²) in [5, 5.41) is 2.90. The van der Waals surface area contributed by atoms with Gasteiger partial charge in [0.15, 0.2) is 0 Å². The first-order valence-corrected chi connectivity index (χ1v) is 9.92. The van der Waals surface area contributed by atoms with E-state index in [0.717, 1.165) is 5.69 Å².